The van der Waals surface area contributed by atoms with E-state index in [0.717, 1.165) is 0 Å². The van der Waals surface area contributed by atoms with Crippen LogP contribution in [-0.2, 0) is 0 Å². The molecule has 0 saturated heterocycles. The summed E-state index contributed by atoms with van der Waals surface area (Å²) in [5.41, 5.74) is 5.91. The van der Waals surface area contributed by atoms with E-state index in [4.69, 9.17) is 78.0 Å². The van der Waals surface area contributed by atoms with Crippen molar-refractivity contribution < 1.29 is 34.8 Å². The molecule has 0 radical (unpaired) electrons. The molecule has 7 N–H and O–H groups in total. The van der Waals surface area contributed by atoms with Gasteiger partial charge in [-0.05, 0) is 66.2 Å². The quantitative estimate of drug-likeness (QED) is 0.114. The number of hydrogen-bond acceptors (Lipinski definition) is 13. The molecule has 19 heteroatoms. The third-order valence-corrected chi connectivity index (χ3v) is 6.25. The number of carboxylic acids is 1. The number of nitrogens with one attached hydrogen (secondary N) is 1. The Labute approximate surface area is 302 Å². The van der Waals surface area contributed by atoms with Crippen LogP contribution in [-0.4, -0.2) is 57.5 Å². The lowest BCUT2D eigenvalue weighted by Gasteiger charge is -2.06. The first-order valence-electron chi connectivity index (χ1n) is 13.0. The van der Waals surface area contributed by atoms with Gasteiger partial charge in [0.15, 0.2) is 0 Å². The van der Waals surface area contributed by atoms with Gasteiger partial charge >= 0.3 is 5.97 Å². The number of carbonyl (C=O) groups excluding carboxylic acids is 2. The van der Waals surface area contributed by atoms with Crippen LogP contribution in [0.15, 0.2) is 79.4 Å². The van der Waals surface area contributed by atoms with Crippen molar-refractivity contribution in [3.8, 4) is 29.4 Å². The van der Waals surface area contributed by atoms with Crippen LogP contribution in [0.3, 0.4) is 0 Å². The third-order valence-electron chi connectivity index (χ3n) is 5.34. The molecule has 254 valence electrons. The lowest BCUT2D eigenvalue weighted by Crippen LogP contribution is -2.12. The number of aromatic carboxylic acids is 1. The normalized spacial score (nSPS) is 9.40. The summed E-state index contributed by atoms with van der Waals surface area (Å²) in [6.45, 7) is 0. The fourth-order valence-corrected chi connectivity index (χ4v) is 3.75. The Balaban J connectivity index is 0.000000243. The molecule has 0 atom stereocenters. The van der Waals surface area contributed by atoms with Crippen molar-refractivity contribution in [3.63, 3.8) is 0 Å². The highest BCUT2D eigenvalue weighted by molar-refractivity contribution is 6.68. The molecule has 0 bridgehead atoms. The fraction of sp³-hybridized carbons (Fsp3) is 0. The van der Waals surface area contributed by atoms with Crippen molar-refractivity contribution in [3.05, 3.63) is 123 Å². The smallest absolute Gasteiger partial charge is 0.339 e. The zero-order valence-corrected chi connectivity index (χ0v) is 27.8. The largest absolute Gasteiger partial charge is 0.507 e. The van der Waals surface area contributed by atoms with Crippen molar-refractivity contribution in [2.75, 3.05) is 11.1 Å². The minimum Gasteiger partial charge on any atom is -0.507 e. The van der Waals surface area contributed by atoms with Crippen LogP contribution in [0.4, 0.5) is 11.4 Å². The molecular weight excluding hydrogens is 738 g/mol. The number of amides is 1. The Kier molecular flexibility index (Phi) is 15.6. The molecule has 0 aliphatic heterocycles. The number of anilines is 2. The minimum absolute atomic E-state index is 0.00333. The average Bonchev–Trinajstić information content (AvgIpc) is 3.09. The molecule has 15 nitrogen and oxygen atoms in total. The van der Waals surface area contributed by atoms with E-state index < -0.39 is 17.1 Å². The standard InChI is InChI=1S/C12H7ClN4O2.C7H4Cl2O2.C7H5ClO3.C5H4N4/c13-7-1-2-10(18)9(3-7)12(19)17-8-5-15-11(4-14)16-6-8;8-4-1-2-6(10)5(3-4)7(9)11;8-4-1-2-6(9)5(3-4)7(10)11;6-1-5-8-2-4(7)3-9-5/h1-3,5-6,18H,(H,17,19);1-3,10H;1-3,9H,(H,10,11);2-3H,7H2. The summed E-state index contributed by atoms with van der Waals surface area (Å²) < 4.78 is 0. The van der Waals surface area contributed by atoms with Gasteiger partial charge in [0.1, 0.15) is 35.0 Å². The van der Waals surface area contributed by atoms with Crippen LogP contribution in [0.2, 0.25) is 15.1 Å². The van der Waals surface area contributed by atoms with Crippen LogP contribution in [0.25, 0.3) is 0 Å². The second kappa shape index (κ2) is 19.6. The number of carbonyl (C=O) groups is 3. The molecule has 5 aromatic rings. The minimum atomic E-state index is -1.19. The van der Waals surface area contributed by atoms with E-state index in [1.807, 2.05) is 0 Å². The lowest BCUT2D eigenvalue weighted by molar-refractivity contribution is 0.0693. The monoisotopic (exact) mass is 756 g/mol. The number of aromatic hydroxyl groups is 3. The summed E-state index contributed by atoms with van der Waals surface area (Å²) >= 11 is 21.9. The summed E-state index contributed by atoms with van der Waals surface area (Å²) in [5.74, 6) is -2.21. The van der Waals surface area contributed by atoms with E-state index in [1.165, 1.54) is 79.4 Å². The number of nitrogens with zero attached hydrogens (tertiary/aromatic N) is 6. The van der Waals surface area contributed by atoms with E-state index in [2.05, 4.69) is 25.3 Å². The highest BCUT2D eigenvalue weighted by atomic mass is 35.5. The molecule has 50 heavy (non-hydrogen) atoms. The van der Waals surface area contributed by atoms with Gasteiger partial charge in [-0.15, -0.1) is 0 Å². The maximum absolute atomic E-state index is 11.9. The Morgan fingerprint density at radius 2 is 1.04 bits per heavy atom. The molecular formula is C31H20Cl4N8O7. The average molecular weight is 758 g/mol. The summed E-state index contributed by atoms with van der Waals surface area (Å²) in [7, 11) is 0. The van der Waals surface area contributed by atoms with Gasteiger partial charge in [-0.2, -0.15) is 10.5 Å². The number of nitriles is 2. The Morgan fingerprint density at radius 3 is 1.42 bits per heavy atom. The summed E-state index contributed by atoms with van der Waals surface area (Å²) in [6, 6.07) is 15.6. The second-order valence-electron chi connectivity index (χ2n) is 8.88. The summed E-state index contributed by atoms with van der Waals surface area (Å²) in [4.78, 5) is 47.4. The zero-order valence-electron chi connectivity index (χ0n) is 24.8. The second-order valence-corrected chi connectivity index (χ2v) is 10.5. The fourth-order valence-electron chi connectivity index (χ4n) is 3.08. The molecule has 0 unspecified atom stereocenters. The highest BCUT2D eigenvalue weighted by Crippen LogP contribution is 2.24. The molecule has 0 spiro atoms. The maximum atomic E-state index is 11.9. The topological polar surface area (TPSA) is 269 Å². The van der Waals surface area contributed by atoms with Crippen LogP contribution in [0, 0.1) is 22.7 Å². The maximum Gasteiger partial charge on any atom is 0.339 e. The van der Waals surface area contributed by atoms with Gasteiger partial charge in [0.05, 0.1) is 47.3 Å². The Hall–Kier alpha value is -6.23. The third kappa shape index (κ3) is 13.1. The van der Waals surface area contributed by atoms with Gasteiger partial charge in [-0.3, -0.25) is 9.59 Å². The van der Waals surface area contributed by atoms with Crippen molar-refractivity contribution in [1.29, 1.82) is 10.5 Å². The number of aromatic nitrogens is 4. The Bertz CT molecular complexity index is 2010. The lowest BCUT2D eigenvalue weighted by atomic mass is 10.2. The van der Waals surface area contributed by atoms with Gasteiger partial charge < -0.3 is 31.5 Å². The van der Waals surface area contributed by atoms with Gasteiger partial charge in [0.25, 0.3) is 11.1 Å². The number of nitrogen functional groups attached to an aromatic ring is 1. The molecule has 0 fully saturated rings. The molecule has 5 rings (SSSR count). The van der Waals surface area contributed by atoms with Crippen LogP contribution < -0.4 is 11.1 Å². The van der Waals surface area contributed by atoms with Gasteiger partial charge in [0.2, 0.25) is 11.6 Å². The molecule has 0 saturated carbocycles. The number of rotatable bonds is 4. The summed E-state index contributed by atoms with van der Waals surface area (Å²) in [6.07, 6.45) is 5.38. The molecule has 2 heterocycles. The van der Waals surface area contributed by atoms with Gasteiger partial charge in [-0.1, -0.05) is 34.8 Å². The number of nitrogens with two attached hydrogens (primary N) is 1. The van der Waals surface area contributed by atoms with Crippen molar-refractivity contribution in [2.24, 2.45) is 0 Å². The van der Waals surface area contributed by atoms with E-state index in [0.29, 0.717) is 26.4 Å². The molecule has 0 aliphatic rings. The van der Waals surface area contributed by atoms with Crippen molar-refractivity contribution >= 4 is 74.9 Å². The number of phenols is 3. The molecule has 2 aromatic heterocycles. The number of hydrogen-bond donors (Lipinski definition) is 6. The van der Waals surface area contributed by atoms with Gasteiger partial charge in [0, 0.05) is 15.1 Å². The van der Waals surface area contributed by atoms with E-state index in [9.17, 15) is 19.5 Å². The van der Waals surface area contributed by atoms with Crippen molar-refractivity contribution in [2.45, 2.75) is 0 Å². The van der Waals surface area contributed by atoms with Crippen LogP contribution in [0.1, 0.15) is 42.7 Å². The predicted octanol–water partition coefficient (Wildman–Crippen LogP) is 6.06. The first-order chi connectivity index (χ1) is 23.6. The Morgan fingerprint density at radius 1 is 0.660 bits per heavy atom. The summed E-state index contributed by atoms with van der Waals surface area (Å²) in [5, 5.41) is 55.6. The van der Waals surface area contributed by atoms with Crippen LogP contribution in [0.5, 0.6) is 17.2 Å². The van der Waals surface area contributed by atoms with E-state index in [-0.39, 0.29) is 45.6 Å². The van der Waals surface area contributed by atoms with Crippen LogP contribution >= 0.6 is 46.4 Å². The molecule has 1 amide bonds. The first-order valence-corrected chi connectivity index (χ1v) is 14.6. The van der Waals surface area contributed by atoms with Crippen molar-refractivity contribution in [1.82, 2.24) is 19.9 Å². The molecule has 0 aliphatic carbocycles. The van der Waals surface area contributed by atoms with Gasteiger partial charge in [-0.25, -0.2) is 24.7 Å². The number of benzene rings is 3. The number of phenolic OH excluding ortho intramolecular Hbond substituents is 2. The zero-order chi connectivity index (χ0) is 37.4. The highest BCUT2D eigenvalue weighted by Gasteiger charge is 2.13. The SMILES string of the molecule is N#Cc1ncc(N)cn1.N#Cc1ncc(NC(=O)c2cc(Cl)ccc2O)cn1.O=C(Cl)c1cc(Cl)ccc1O.O=C(O)c1cc(Cl)ccc1O. The molecule has 3 aromatic carbocycles. The van der Waals surface area contributed by atoms with E-state index in [1.54, 1.807) is 12.1 Å². The number of carboxylic acid groups (broad SMARTS) is 1. The predicted molar refractivity (Wildman–Crippen MR) is 182 cm³/mol. The van der Waals surface area contributed by atoms with E-state index >= 15 is 0 Å². The number of halogens is 4. The first kappa shape index (κ1) is 39.9.